The number of thioether (sulfide) groups is 1. The molecule has 0 saturated heterocycles. The molecule has 13 heteroatoms. The van der Waals surface area contributed by atoms with Crippen LogP contribution in [0.4, 0.5) is 22.0 Å². The van der Waals surface area contributed by atoms with E-state index in [2.05, 4.69) is 19.7 Å². The minimum Gasteiger partial charge on any atom is -0.493 e. The maximum absolute atomic E-state index is 13.4. The minimum atomic E-state index is -4.52. The quantitative estimate of drug-likeness (QED) is 0.424. The van der Waals surface area contributed by atoms with Crippen molar-refractivity contribution in [1.82, 2.24) is 15.0 Å². The zero-order valence-corrected chi connectivity index (χ0v) is 16.6. The average Bonchev–Trinajstić information content (AvgIpc) is 3.09. The predicted molar refractivity (Wildman–Crippen MR) is 99.1 cm³/mol. The van der Waals surface area contributed by atoms with Crippen molar-refractivity contribution in [3.63, 3.8) is 0 Å². The predicted octanol–water partition coefficient (Wildman–Crippen LogP) is 4.56. The summed E-state index contributed by atoms with van der Waals surface area (Å²) in [5.41, 5.74) is 1.09. The largest absolute Gasteiger partial charge is 0.493 e. The summed E-state index contributed by atoms with van der Waals surface area (Å²) in [4.78, 5) is 11.4. The number of ether oxygens (including phenoxy) is 4. The first-order valence-corrected chi connectivity index (χ1v) is 9.70. The van der Waals surface area contributed by atoms with Crippen molar-refractivity contribution in [3.8, 4) is 23.0 Å². The number of aromatic nitrogens is 3. The van der Waals surface area contributed by atoms with Crippen LogP contribution in [0, 0.1) is 0 Å². The van der Waals surface area contributed by atoms with E-state index in [0.29, 0.717) is 16.2 Å². The van der Waals surface area contributed by atoms with E-state index >= 15 is 0 Å². The van der Waals surface area contributed by atoms with Crippen molar-refractivity contribution in [2.24, 2.45) is 0 Å². The van der Waals surface area contributed by atoms with E-state index in [0.717, 1.165) is 11.8 Å². The Labute approximate surface area is 175 Å². The van der Waals surface area contributed by atoms with Crippen LogP contribution in [0.1, 0.15) is 5.69 Å². The van der Waals surface area contributed by atoms with Gasteiger partial charge in [-0.15, -0.1) is 0 Å². The molecule has 4 rings (SSSR count). The highest BCUT2D eigenvalue weighted by molar-refractivity contribution is 7.98. The number of methoxy groups -OCH3 is 1. The van der Waals surface area contributed by atoms with Gasteiger partial charge < -0.3 is 23.9 Å². The maximum atomic E-state index is 13.4. The standard InChI is InChI=1S/C18H14F5N3O4S/c1-27-12-2-3-24-11(15(12)29-7-17(19,20)21)6-31-16-25-9-4-13-14(5-10(9)26-16)30-18(22,23)8-28-13/h2-5H,6-8H2,1H3,(H,25,26). The molecule has 0 atom stereocenters. The van der Waals surface area contributed by atoms with Crippen LogP contribution in [-0.2, 0) is 5.75 Å². The monoisotopic (exact) mass is 463 g/mol. The van der Waals surface area contributed by atoms with Gasteiger partial charge in [0.05, 0.1) is 23.8 Å². The SMILES string of the molecule is COc1ccnc(CSc2nc3cc4c(cc3[nH]2)OC(F)(F)CO4)c1OCC(F)(F)F. The summed E-state index contributed by atoms with van der Waals surface area (Å²) in [6, 6.07) is 4.19. The molecule has 166 valence electrons. The lowest BCUT2D eigenvalue weighted by Gasteiger charge is -2.25. The Morgan fingerprint density at radius 2 is 2.06 bits per heavy atom. The van der Waals surface area contributed by atoms with E-state index in [1.165, 1.54) is 31.5 Å². The fourth-order valence-electron chi connectivity index (χ4n) is 2.79. The van der Waals surface area contributed by atoms with Crippen LogP contribution >= 0.6 is 11.8 Å². The van der Waals surface area contributed by atoms with Crippen molar-refractivity contribution in [2.75, 3.05) is 20.3 Å². The van der Waals surface area contributed by atoms with Gasteiger partial charge in [-0.25, -0.2) is 4.98 Å². The van der Waals surface area contributed by atoms with E-state index in [1.54, 1.807) is 0 Å². The lowest BCUT2D eigenvalue weighted by atomic mass is 10.2. The number of imidazole rings is 1. The maximum Gasteiger partial charge on any atom is 0.433 e. The Kier molecular flexibility index (Phi) is 5.45. The molecular formula is C18H14F5N3O4S. The molecule has 1 aliphatic rings. The van der Waals surface area contributed by atoms with Gasteiger partial charge in [-0.05, 0) is 0 Å². The van der Waals surface area contributed by atoms with Gasteiger partial charge >= 0.3 is 12.3 Å². The molecule has 31 heavy (non-hydrogen) atoms. The van der Waals surface area contributed by atoms with Gasteiger partial charge in [-0.1, -0.05) is 11.8 Å². The van der Waals surface area contributed by atoms with Crippen molar-refractivity contribution >= 4 is 22.8 Å². The fraction of sp³-hybridized carbons (Fsp3) is 0.333. The number of hydrogen-bond donors (Lipinski definition) is 1. The number of benzene rings is 1. The number of alkyl halides is 5. The van der Waals surface area contributed by atoms with Crippen LogP contribution in [-0.4, -0.2) is 47.6 Å². The Morgan fingerprint density at radius 1 is 1.26 bits per heavy atom. The summed E-state index contributed by atoms with van der Waals surface area (Å²) >= 11 is 1.13. The Balaban J connectivity index is 1.54. The van der Waals surface area contributed by atoms with Gasteiger partial charge in [0.25, 0.3) is 0 Å². The first kappa shape index (κ1) is 21.3. The number of pyridine rings is 1. The number of fused-ring (bicyclic) bond motifs is 2. The second-order valence-corrected chi connectivity index (χ2v) is 7.33. The van der Waals surface area contributed by atoms with Gasteiger partial charge in [0.2, 0.25) is 0 Å². The van der Waals surface area contributed by atoms with Gasteiger partial charge in [-0.3, -0.25) is 4.98 Å². The first-order valence-electron chi connectivity index (χ1n) is 8.71. The second kappa shape index (κ2) is 7.94. The highest BCUT2D eigenvalue weighted by Crippen LogP contribution is 2.40. The van der Waals surface area contributed by atoms with E-state index in [4.69, 9.17) is 14.2 Å². The molecule has 0 unspecified atom stereocenters. The highest BCUT2D eigenvalue weighted by atomic mass is 32.2. The second-order valence-electron chi connectivity index (χ2n) is 6.37. The Morgan fingerprint density at radius 3 is 2.81 bits per heavy atom. The molecule has 2 aromatic heterocycles. The summed E-state index contributed by atoms with van der Waals surface area (Å²) in [6.07, 6.45) is -6.57. The van der Waals surface area contributed by atoms with Crippen LogP contribution in [0.15, 0.2) is 29.6 Å². The number of H-pyrrole nitrogens is 1. The van der Waals surface area contributed by atoms with Crippen LogP contribution in [0.5, 0.6) is 23.0 Å². The molecule has 0 fully saturated rings. The lowest BCUT2D eigenvalue weighted by molar-refractivity contribution is -0.208. The van der Waals surface area contributed by atoms with Crippen LogP contribution in [0.2, 0.25) is 0 Å². The molecule has 0 bridgehead atoms. The number of nitrogens with one attached hydrogen (secondary N) is 1. The zero-order valence-electron chi connectivity index (χ0n) is 15.8. The number of halogens is 5. The van der Waals surface area contributed by atoms with Crippen LogP contribution < -0.4 is 18.9 Å². The number of nitrogens with zero attached hydrogens (tertiary/aromatic N) is 2. The highest BCUT2D eigenvalue weighted by Gasteiger charge is 2.38. The van der Waals surface area contributed by atoms with Gasteiger partial charge in [-0.2, -0.15) is 22.0 Å². The van der Waals surface area contributed by atoms with Gasteiger partial charge in [0.1, 0.15) is 0 Å². The molecule has 7 nitrogen and oxygen atoms in total. The van der Waals surface area contributed by atoms with Crippen LogP contribution in [0.3, 0.4) is 0 Å². The third-order valence-electron chi connectivity index (χ3n) is 4.07. The summed E-state index contributed by atoms with van der Waals surface area (Å²) in [7, 11) is 1.31. The van der Waals surface area contributed by atoms with Gasteiger partial charge in [0.15, 0.2) is 41.4 Å². The molecule has 0 aliphatic carbocycles. The average molecular weight is 463 g/mol. The Hall–Kier alpha value is -2.96. The molecule has 1 aliphatic heterocycles. The van der Waals surface area contributed by atoms with Crippen molar-refractivity contribution < 1.29 is 40.9 Å². The summed E-state index contributed by atoms with van der Waals surface area (Å²) < 4.78 is 84.1. The first-order chi connectivity index (χ1) is 14.6. The molecule has 0 radical (unpaired) electrons. The molecule has 0 spiro atoms. The van der Waals surface area contributed by atoms with E-state index in [1.807, 2.05) is 0 Å². The number of rotatable bonds is 6. The van der Waals surface area contributed by atoms with Crippen molar-refractivity contribution in [2.45, 2.75) is 23.2 Å². The van der Waals surface area contributed by atoms with Gasteiger partial charge in [0, 0.05) is 30.1 Å². The molecule has 1 N–H and O–H groups in total. The normalized spacial score (nSPS) is 15.2. The molecule has 3 heterocycles. The van der Waals surface area contributed by atoms with Crippen molar-refractivity contribution in [1.29, 1.82) is 0 Å². The lowest BCUT2D eigenvalue weighted by Crippen LogP contribution is -2.35. The number of aromatic amines is 1. The summed E-state index contributed by atoms with van der Waals surface area (Å²) in [5, 5.41) is 0.385. The minimum absolute atomic E-state index is 0.106. The summed E-state index contributed by atoms with van der Waals surface area (Å²) in [6.45, 7) is -2.40. The fourth-order valence-corrected chi connectivity index (χ4v) is 3.61. The zero-order chi connectivity index (χ0) is 22.2. The van der Waals surface area contributed by atoms with Crippen molar-refractivity contribution in [3.05, 3.63) is 30.1 Å². The third kappa shape index (κ3) is 4.86. The summed E-state index contributed by atoms with van der Waals surface area (Å²) in [5.74, 6) is 0.113. The molecule has 1 aromatic carbocycles. The molecule has 0 amide bonds. The molecule has 0 saturated carbocycles. The molecule has 3 aromatic rings. The Bertz CT molecular complexity index is 1110. The third-order valence-corrected chi connectivity index (χ3v) is 4.95. The topological polar surface area (TPSA) is 78.5 Å². The molecular weight excluding hydrogens is 449 g/mol. The van der Waals surface area contributed by atoms with E-state index in [9.17, 15) is 22.0 Å². The number of hydrogen-bond acceptors (Lipinski definition) is 7. The smallest absolute Gasteiger partial charge is 0.433 e. The van der Waals surface area contributed by atoms with E-state index in [-0.39, 0.29) is 34.4 Å². The van der Waals surface area contributed by atoms with Crippen LogP contribution in [0.25, 0.3) is 11.0 Å². The van der Waals surface area contributed by atoms with E-state index < -0.39 is 25.5 Å².